The molecule has 1 atom stereocenters. The molecule has 3 amide bonds. The molecule has 2 aliphatic rings. The first-order valence-electron chi connectivity index (χ1n) is 6.76. The van der Waals surface area contributed by atoms with E-state index >= 15 is 0 Å². The monoisotopic (exact) mass is 284 g/mol. The van der Waals surface area contributed by atoms with Crippen LogP contribution in [-0.2, 0) is 19.1 Å². The molecule has 1 aliphatic heterocycles. The van der Waals surface area contributed by atoms with Crippen LogP contribution >= 0.6 is 0 Å². The van der Waals surface area contributed by atoms with E-state index in [-0.39, 0.29) is 37.6 Å². The van der Waals surface area contributed by atoms with Gasteiger partial charge in [-0.15, -0.1) is 0 Å². The maximum absolute atomic E-state index is 12.1. The highest BCUT2D eigenvalue weighted by molar-refractivity contribution is 5.90. The summed E-state index contributed by atoms with van der Waals surface area (Å²) in [6, 6.07) is -0.384. The Labute approximate surface area is 117 Å². The van der Waals surface area contributed by atoms with Crippen LogP contribution in [0.5, 0.6) is 0 Å². The van der Waals surface area contributed by atoms with Crippen LogP contribution in [0.3, 0.4) is 0 Å². The van der Waals surface area contributed by atoms with Crippen molar-refractivity contribution in [3.8, 4) is 0 Å². The van der Waals surface area contributed by atoms with Crippen LogP contribution in [0.4, 0.5) is 0 Å². The minimum atomic E-state index is -0.619. The number of hydrogen-bond donors (Lipinski definition) is 3. The van der Waals surface area contributed by atoms with E-state index in [4.69, 9.17) is 10.5 Å². The van der Waals surface area contributed by atoms with Crippen molar-refractivity contribution in [3.05, 3.63) is 0 Å². The third kappa shape index (κ3) is 3.91. The topological polar surface area (TPSA) is 114 Å². The number of ether oxygens (including phenoxy) is 1. The number of amides is 3. The average Bonchev–Trinajstić information content (AvgIpc) is 3.28. The van der Waals surface area contributed by atoms with Gasteiger partial charge in [0.1, 0.15) is 6.04 Å². The fourth-order valence-electron chi connectivity index (χ4n) is 1.99. The summed E-state index contributed by atoms with van der Waals surface area (Å²) in [5.74, 6) is -0.887. The van der Waals surface area contributed by atoms with E-state index in [1.54, 1.807) is 0 Å². The smallest absolute Gasteiger partial charge is 0.245 e. The van der Waals surface area contributed by atoms with Gasteiger partial charge in [-0.25, -0.2) is 0 Å². The maximum Gasteiger partial charge on any atom is 0.245 e. The molecule has 8 nitrogen and oxygen atoms in total. The van der Waals surface area contributed by atoms with Gasteiger partial charge in [-0.3, -0.25) is 14.4 Å². The lowest BCUT2D eigenvalue weighted by Gasteiger charge is -2.34. The minimum absolute atomic E-state index is 0.150. The summed E-state index contributed by atoms with van der Waals surface area (Å²) in [4.78, 5) is 36.6. The van der Waals surface area contributed by atoms with E-state index in [2.05, 4.69) is 10.6 Å². The fourth-order valence-corrected chi connectivity index (χ4v) is 1.99. The van der Waals surface area contributed by atoms with Gasteiger partial charge in [-0.1, -0.05) is 0 Å². The first-order valence-corrected chi connectivity index (χ1v) is 6.76. The lowest BCUT2D eigenvalue weighted by Crippen LogP contribution is -2.58. The molecule has 112 valence electrons. The Morgan fingerprint density at radius 3 is 2.70 bits per heavy atom. The third-order valence-corrected chi connectivity index (χ3v) is 3.30. The standard InChI is InChI=1S/C12H20N4O4/c13-5-10(17)14-6-11(18)16-3-4-20-7-9(16)12(19)15-8-1-2-8/h8-9H,1-7,13H2,(H,14,17)(H,15,19). The van der Waals surface area contributed by atoms with Gasteiger partial charge in [-0.2, -0.15) is 0 Å². The summed E-state index contributed by atoms with van der Waals surface area (Å²) in [6.07, 6.45) is 1.97. The van der Waals surface area contributed by atoms with E-state index < -0.39 is 11.9 Å². The Morgan fingerprint density at radius 1 is 1.30 bits per heavy atom. The lowest BCUT2D eigenvalue weighted by atomic mass is 10.2. The normalized spacial score (nSPS) is 22.2. The summed E-state index contributed by atoms with van der Waals surface area (Å²) >= 11 is 0. The summed E-state index contributed by atoms with van der Waals surface area (Å²) in [5.41, 5.74) is 5.15. The molecule has 0 aromatic carbocycles. The predicted molar refractivity (Wildman–Crippen MR) is 69.5 cm³/mol. The quantitative estimate of drug-likeness (QED) is 0.519. The number of nitrogens with one attached hydrogen (secondary N) is 2. The zero-order valence-corrected chi connectivity index (χ0v) is 11.3. The van der Waals surface area contributed by atoms with Crippen molar-refractivity contribution in [1.29, 1.82) is 0 Å². The van der Waals surface area contributed by atoms with E-state index in [0.29, 0.717) is 13.2 Å². The molecule has 0 bridgehead atoms. The van der Waals surface area contributed by atoms with Crippen molar-refractivity contribution in [2.75, 3.05) is 32.8 Å². The lowest BCUT2D eigenvalue weighted by molar-refractivity contribution is -0.148. The number of carbonyl (C=O) groups excluding carboxylic acids is 3. The van der Waals surface area contributed by atoms with Gasteiger partial charge in [0.05, 0.1) is 26.3 Å². The van der Waals surface area contributed by atoms with Gasteiger partial charge in [0, 0.05) is 12.6 Å². The molecule has 1 saturated carbocycles. The van der Waals surface area contributed by atoms with E-state index in [9.17, 15) is 14.4 Å². The predicted octanol–water partition coefficient (Wildman–Crippen LogP) is -2.43. The molecule has 0 radical (unpaired) electrons. The second-order valence-electron chi connectivity index (χ2n) is 4.94. The molecule has 1 aliphatic carbocycles. The number of morpholine rings is 1. The van der Waals surface area contributed by atoms with Gasteiger partial charge >= 0.3 is 0 Å². The van der Waals surface area contributed by atoms with Crippen LogP contribution in [0.25, 0.3) is 0 Å². The molecule has 8 heteroatoms. The maximum atomic E-state index is 12.1. The van der Waals surface area contributed by atoms with Crippen molar-refractivity contribution >= 4 is 17.7 Å². The number of nitrogens with zero attached hydrogens (tertiary/aromatic N) is 1. The van der Waals surface area contributed by atoms with Crippen LogP contribution < -0.4 is 16.4 Å². The Morgan fingerprint density at radius 2 is 2.05 bits per heavy atom. The molecule has 2 fully saturated rings. The number of carbonyl (C=O) groups is 3. The Balaban J connectivity index is 1.89. The highest BCUT2D eigenvalue weighted by Crippen LogP contribution is 2.19. The van der Waals surface area contributed by atoms with Gasteiger partial charge in [0.15, 0.2) is 0 Å². The van der Waals surface area contributed by atoms with Gasteiger partial charge in [0.25, 0.3) is 0 Å². The fraction of sp³-hybridized carbons (Fsp3) is 0.750. The van der Waals surface area contributed by atoms with Gasteiger partial charge < -0.3 is 26.0 Å². The molecular formula is C12H20N4O4. The largest absolute Gasteiger partial charge is 0.377 e. The molecule has 0 aromatic heterocycles. The highest BCUT2D eigenvalue weighted by atomic mass is 16.5. The second kappa shape index (κ2) is 6.67. The Bertz CT molecular complexity index is 397. The van der Waals surface area contributed by atoms with Crippen LogP contribution in [0.15, 0.2) is 0 Å². The molecule has 0 aromatic rings. The van der Waals surface area contributed by atoms with Crippen molar-refractivity contribution in [1.82, 2.24) is 15.5 Å². The molecule has 1 heterocycles. The molecular weight excluding hydrogens is 264 g/mol. The number of rotatable bonds is 5. The average molecular weight is 284 g/mol. The first kappa shape index (κ1) is 14.7. The summed E-state index contributed by atoms with van der Waals surface area (Å²) in [6.45, 7) is 0.615. The molecule has 0 spiro atoms. The summed E-state index contributed by atoms with van der Waals surface area (Å²) in [5, 5.41) is 5.28. The molecule has 1 unspecified atom stereocenters. The second-order valence-corrected chi connectivity index (χ2v) is 4.94. The van der Waals surface area contributed by atoms with Crippen LogP contribution in [-0.4, -0.2) is 67.6 Å². The van der Waals surface area contributed by atoms with Crippen molar-refractivity contribution in [2.24, 2.45) is 5.73 Å². The highest BCUT2D eigenvalue weighted by Gasteiger charge is 2.35. The number of nitrogens with two attached hydrogens (primary N) is 1. The Hall–Kier alpha value is -1.67. The molecule has 2 rings (SSSR count). The minimum Gasteiger partial charge on any atom is -0.377 e. The van der Waals surface area contributed by atoms with Gasteiger partial charge in [0.2, 0.25) is 17.7 Å². The zero-order chi connectivity index (χ0) is 14.5. The molecule has 4 N–H and O–H groups in total. The van der Waals surface area contributed by atoms with Crippen LogP contribution in [0.1, 0.15) is 12.8 Å². The van der Waals surface area contributed by atoms with E-state index in [1.165, 1.54) is 4.90 Å². The van der Waals surface area contributed by atoms with Crippen molar-refractivity contribution in [2.45, 2.75) is 24.9 Å². The van der Waals surface area contributed by atoms with Crippen molar-refractivity contribution < 1.29 is 19.1 Å². The van der Waals surface area contributed by atoms with Crippen molar-refractivity contribution in [3.63, 3.8) is 0 Å². The molecule has 20 heavy (non-hydrogen) atoms. The first-order chi connectivity index (χ1) is 9.61. The van der Waals surface area contributed by atoms with E-state index in [1.807, 2.05) is 0 Å². The summed E-state index contributed by atoms with van der Waals surface area (Å²) < 4.78 is 5.27. The number of hydrogen-bond acceptors (Lipinski definition) is 5. The SMILES string of the molecule is NCC(=O)NCC(=O)N1CCOCC1C(=O)NC1CC1. The van der Waals surface area contributed by atoms with E-state index in [0.717, 1.165) is 12.8 Å². The summed E-state index contributed by atoms with van der Waals surface area (Å²) in [7, 11) is 0. The molecule has 1 saturated heterocycles. The van der Waals surface area contributed by atoms with Crippen LogP contribution in [0.2, 0.25) is 0 Å². The van der Waals surface area contributed by atoms with Gasteiger partial charge in [-0.05, 0) is 12.8 Å². The Kier molecular flexibility index (Phi) is 4.91. The van der Waals surface area contributed by atoms with Crippen LogP contribution in [0, 0.1) is 0 Å². The third-order valence-electron chi connectivity index (χ3n) is 3.30. The zero-order valence-electron chi connectivity index (χ0n) is 11.3.